The molecule has 0 saturated carbocycles. The van der Waals surface area contributed by atoms with E-state index >= 15 is 0 Å². The Bertz CT molecular complexity index is 790. The van der Waals surface area contributed by atoms with Crippen LogP contribution in [0.3, 0.4) is 0 Å². The highest BCUT2D eigenvalue weighted by Gasteiger charge is 2.10. The van der Waals surface area contributed by atoms with Crippen molar-refractivity contribution in [2.45, 2.75) is 6.61 Å². The normalized spacial score (nSPS) is 10.7. The summed E-state index contributed by atoms with van der Waals surface area (Å²) in [4.78, 5) is 4.18. The molecule has 22 heavy (non-hydrogen) atoms. The van der Waals surface area contributed by atoms with Crippen molar-refractivity contribution in [3.8, 4) is 17.2 Å². The SMILES string of the molecule is Fc1ccc(-c2nc(COc3ccc(Cl)cc3Cl)no2)cc1. The first-order chi connectivity index (χ1) is 10.6. The van der Waals surface area contributed by atoms with Crippen LogP contribution in [0.15, 0.2) is 47.0 Å². The standard InChI is InChI=1S/C15H9Cl2FN2O2/c16-10-3-6-13(12(17)7-10)21-8-14-19-15(22-20-14)9-1-4-11(18)5-2-9/h1-7H,8H2. The lowest BCUT2D eigenvalue weighted by molar-refractivity contribution is 0.287. The Kier molecular flexibility index (Phi) is 4.27. The Morgan fingerprint density at radius 3 is 2.59 bits per heavy atom. The van der Waals surface area contributed by atoms with Crippen molar-refractivity contribution in [2.24, 2.45) is 0 Å². The van der Waals surface area contributed by atoms with Crippen LogP contribution in [0, 0.1) is 5.82 Å². The summed E-state index contributed by atoms with van der Waals surface area (Å²) in [6.45, 7) is 0.0893. The monoisotopic (exact) mass is 338 g/mol. The number of benzene rings is 2. The fourth-order valence-electron chi connectivity index (χ4n) is 1.76. The second-order valence-electron chi connectivity index (χ2n) is 4.39. The number of halogens is 3. The summed E-state index contributed by atoms with van der Waals surface area (Å²) in [6.07, 6.45) is 0. The molecule has 3 rings (SSSR count). The van der Waals surface area contributed by atoms with Gasteiger partial charge < -0.3 is 9.26 Å². The number of aromatic nitrogens is 2. The smallest absolute Gasteiger partial charge is 0.258 e. The minimum Gasteiger partial charge on any atom is -0.484 e. The van der Waals surface area contributed by atoms with Crippen molar-refractivity contribution >= 4 is 23.2 Å². The van der Waals surface area contributed by atoms with E-state index in [1.165, 1.54) is 12.1 Å². The summed E-state index contributed by atoms with van der Waals surface area (Å²) in [5.74, 6) is 0.787. The van der Waals surface area contributed by atoms with Gasteiger partial charge in [-0.1, -0.05) is 28.4 Å². The third-order valence-corrected chi connectivity index (χ3v) is 3.34. The van der Waals surface area contributed by atoms with Crippen molar-refractivity contribution < 1.29 is 13.7 Å². The molecule has 1 aromatic heterocycles. The van der Waals surface area contributed by atoms with Gasteiger partial charge in [0.05, 0.1) is 5.02 Å². The van der Waals surface area contributed by atoms with Crippen LogP contribution in [0.4, 0.5) is 4.39 Å². The Hall–Kier alpha value is -2.11. The van der Waals surface area contributed by atoms with Crippen LogP contribution < -0.4 is 4.74 Å². The molecule has 1 heterocycles. The molecule has 4 nitrogen and oxygen atoms in total. The van der Waals surface area contributed by atoms with E-state index in [9.17, 15) is 4.39 Å². The van der Waals surface area contributed by atoms with Crippen molar-refractivity contribution in [1.82, 2.24) is 10.1 Å². The minimum absolute atomic E-state index is 0.0893. The summed E-state index contributed by atoms with van der Waals surface area (Å²) in [6, 6.07) is 10.7. The quantitative estimate of drug-likeness (QED) is 0.687. The molecule has 3 aromatic rings. The van der Waals surface area contributed by atoms with Crippen LogP contribution in [0.5, 0.6) is 5.75 Å². The van der Waals surface area contributed by atoms with Gasteiger partial charge in [-0.05, 0) is 42.5 Å². The van der Waals surface area contributed by atoms with Crippen molar-refractivity contribution in [2.75, 3.05) is 0 Å². The molecule has 0 spiro atoms. The number of nitrogens with zero attached hydrogens (tertiary/aromatic N) is 2. The Morgan fingerprint density at radius 2 is 1.86 bits per heavy atom. The topological polar surface area (TPSA) is 48.2 Å². The summed E-state index contributed by atoms with van der Waals surface area (Å²) in [5.41, 5.74) is 0.629. The molecule has 0 N–H and O–H groups in total. The molecule has 0 bridgehead atoms. The molecule has 2 aromatic carbocycles. The van der Waals surface area contributed by atoms with Gasteiger partial charge in [0.25, 0.3) is 5.89 Å². The average molecular weight is 339 g/mol. The van der Waals surface area contributed by atoms with Crippen molar-refractivity contribution in [3.05, 3.63) is 64.2 Å². The lowest BCUT2D eigenvalue weighted by atomic mass is 10.2. The molecular weight excluding hydrogens is 330 g/mol. The molecule has 0 atom stereocenters. The zero-order valence-electron chi connectivity index (χ0n) is 11.1. The van der Waals surface area contributed by atoms with Crippen molar-refractivity contribution in [1.29, 1.82) is 0 Å². The minimum atomic E-state index is -0.329. The summed E-state index contributed by atoms with van der Waals surface area (Å²) < 4.78 is 23.5. The highest BCUT2D eigenvalue weighted by molar-refractivity contribution is 6.35. The molecule has 0 radical (unpaired) electrons. The van der Waals surface area contributed by atoms with Gasteiger partial charge in [-0.2, -0.15) is 4.98 Å². The zero-order chi connectivity index (χ0) is 15.5. The highest BCUT2D eigenvalue weighted by atomic mass is 35.5. The van der Waals surface area contributed by atoms with Gasteiger partial charge in [0.15, 0.2) is 6.61 Å². The lowest BCUT2D eigenvalue weighted by Gasteiger charge is -2.05. The van der Waals surface area contributed by atoms with Crippen LogP contribution in [-0.2, 0) is 6.61 Å². The first-order valence-corrected chi connectivity index (χ1v) is 7.04. The van der Waals surface area contributed by atoms with Crippen LogP contribution >= 0.6 is 23.2 Å². The van der Waals surface area contributed by atoms with Gasteiger partial charge in [0.1, 0.15) is 11.6 Å². The predicted octanol–water partition coefficient (Wildman–Crippen LogP) is 4.76. The number of hydrogen-bond acceptors (Lipinski definition) is 4. The van der Waals surface area contributed by atoms with Gasteiger partial charge in [0.2, 0.25) is 5.82 Å². The van der Waals surface area contributed by atoms with Crippen LogP contribution in [0.25, 0.3) is 11.5 Å². The van der Waals surface area contributed by atoms with E-state index in [2.05, 4.69) is 10.1 Å². The van der Waals surface area contributed by atoms with E-state index in [4.69, 9.17) is 32.5 Å². The maximum atomic E-state index is 12.9. The zero-order valence-corrected chi connectivity index (χ0v) is 12.6. The fraction of sp³-hybridized carbons (Fsp3) is 0.0667. The van der Waals surface area contributed by atoms with Crippen LogP contribution in [-0.4, -0.2) is 10.1 Å². The van der Waals surface area contributed by atoms with E-state index < -0.39 is 0 Å². The maximum Gasteiger partial charge on any atom is 0.258 e. The predicted molar refractivity (Wildman–Crippen MR) is 80.5 cm³/mol. The van der Waals surface area contributed by atoms with Crippen LogP contribution in [0.2, 0.25) is 10.0 Å². The first kappa shape index (κ1) is 14.8. The maximum absolute atomic E-state index is 12.9. The summed E-state index contributed by atoms with van der Waals surface area (Å²) in [7, 11) is 0. The van der Waals surface area contributed by atoms with Gasteiger partial charge in [-0.3, -0.25) is 0 Å². The Balaban J connectivity index is 1.70. The molecule has 0 unspecified atom stereocenters. The van der Waals surface area contributed by atoms with Gasteiger partial charge in [0, 0.05) is 10.6 Å². The Labute approximate surface area is 135 Å². The summed E-state index contributed by atoms with van der Waals surface area (Å²) in [5, 5.41) is 4.72. The van der Waals surface area contributed by atoms with Gasteiger partial charge in [-0.25, -0.2) is 4.39 Å². The lowest BCUT2D eigenvalue weighted by Crippen LogP contribution is -1.98. The first-order valence-electron chi connectivity index (χ1n) is 6.28. The molecule has 0 aliphatic carbocycles. The molecule has 7 heteroatoms. The molecular formula is C15H9Cl2FN2O2. The number of hydrogen-bond donors (Lipinski definition) is 0. The third-order valence-electron chi connectivity index (χ3n) is 2.81. The number of ether oxygens (including phenoxy) is 1. The van der Waals surface area contributed by atoms with Gasteiger partial charge >= 0.3 is 0 Å². The fourth-order valence-corrected chi connectivity index (χ4v) is 2.22. The molecule has 0 fully saturated rings. The molecule has 0 amide bonds. The molecule has 0 aliphatic heterocycles. The molecule has 112 valence electrons. The van der Waals surface area contributed by atoms with E-state index in [-0.39, 0.29) is 12.4 Å². The van der Waals surface area contributed by atoms with Crippen molar-refractivity contribution in [3.63, 3.8) is 0 Å². The van der Waals surface area contributed by atoms with Gasteiger partial charge in [-0.15, -0.1) is 0 Å². The average Bonchev–Trinajstić information content (AvgIpc) is 2.96. The third kappa shape index (κ3) is 3.37. The van der Waals surface area contributed by atoms with E-state index in [0.717, 1.165) is 0 Å². The highest BCUT2D eigenvalue weighted by Crippen LogP contribution is 2.28. The molecule has 0 aliphatic rings. The Morgan fingerprint density at radius 1 is 1.09 bits per heavy atom. The van der Waals surface area contributed by atoms with Crippen LogP contribution in [0.1, 0.15) is 5.82 Å². The second kappa shape index (κ2) is 6.34. The number of rotatable bonds is 4. The largest absolute Gasteiger partial charge is 0.484 e. The molecule has 0 saturated heterocycles. The van der Waals surface area contributed by atoms with E-state index in [0.29, 0.717) is 33.1 Å². The summed E-state index contributed by atoms with van der Waals surface area (Å²) >= 11 is 11.8. The van der Waals surface area contributed by atoms with E-state index in [1.54, 1.807) is 30.3 Å². The van der Waals surface area contributed by atoms with E-state index in [1.807, 2.05) is 0 Å². The second-order valence-corrected chi connectivity index (χ2v) is 5.23.